The molecule has 4 rings (SSSR count). The van der Waals surface area contributed by atoms with Crippen LogP contribution < -0.4 is 16.4 Å². The summed E-state index contributed by atoms with van der Waals surface area (Å²) in [5.74, 6) is -0.179. The number of nitrogens with one attached hydrogen (secondary N) is 2. The van der Waals surface area contributed by atoms with E-state index < -0.39 is 11.1 Å². The Morgan fingerprint density at radius 2 is 1.97 bits per heavy atom. The first-order valence-electron chi connectivity index (χ1n) is 9.91. The molecule has 8 heteroatoms. The number of hydrogen-bond donors (Lipinski definition) is 2. The van der Waals surface area contributed by atoms with Gasteiger partial charge in [0.2, 0.25) is 5.91 Å². The number of benzene rings is 2. The minimum Gasteiger partial charge on any atom is -0.338 e. The number of fused-ring (bicyclic) bond motifs is 1. The number of H-pyrrole nitrogens is 1. The smallest absolute Gasteiger partial charge is 0.316 e. The van der Waals surface area contributed by atoms with Crippen molar-refractivity contribution in [3.8, 4) is 0 Å². The fourth-order valence-corrected chi connectivity index (χ4v) is 3.78. The summed E-state index contributed by atoms with van der Waals surface area (Å²) in [6.07, 6.45) is 1.47. The Kier molecular flexibility index (Phi) is 5.22. The van der Waals surface area contributed by atoms with Crippen LogP contribution in [0.15, 0.2) is 52.1 Å². The Bertz CT molecular complexity index is 1260. The van der Waals surface area contributed by atoms with E-state index in [-0.39, 0.29) is 11.8 Å². The fourth-order valence-electron chi connectivity index (χ4n) is 3.78. The van der Waals surface area contributed by atoms with Crippen LogP contribution in [0, 0.1) is 0 Å². The highest BCUT2D eigenvalue weighted by molar-refractivity contribution is 6.05. The van der Waals surface area contributed by atoms with Crippen LogP contribution in [0.3, 0.4) is 0 Å². The normalized spacial score (nSPS) is 13.8. The highest BCUT2D eigenvalue weighted by Gasteiger charge is 2.20. The van der Waals surface area contributed by atoms with Crippen molar-refractivity contribution >= 4 is 28.5 Å². The van der Waals surface area contributed by atoms with Gasteiger partial charge in [0, 0.05) is 37.3 Å². The number of anilines is 1. The summed E-state index contributed by atoms with van der Waals surface area (Å²) in [6.45, 7) is 3.42. The van der Waals surface area contributed by atoms with Crippen LogP contribution >= 0.6 is 0 Å². The quantitative estimate of drug-likeness (QED) is 0.633. The number of carbonyl (C=O) groups is 2. The van der Waals surface area contributed by atoms with Gasteiger partial charge in [0.1, 0.15) is 0 Å². The number of aryl methyl sites for hydroxylation is 1. The highest BCUT2D eigenvalue weighted by Crippen LogP contribution is 2.18. The second kappa shape index (κ2) is 7.98. The van der Waals surface area contributed by atoms with Crippen molar-refractivity contribution < 1.29 is 9.59 Å². The van der Waals surface area contributed by atoms with Crippen LogP contribution in [0.1, 0.15) is 35.7 Å². The second-order valence-corrected chi connectivity index (χ2v) is 7.31. The van der Waals surface area contributed by atoms with E-state index in [2.05, 4.69) is 10.3 Å². The molecule has 1 aromatic heterocycles. The van der Waals surface area contributed by atoms with Gasteiger partial charge < -0.3 is 19.8 Å². The van der Waals surface area contributed by atoms with Crippen molar-refractivity contribution in [3.05, 3.63) is 74.3 Å². The predicted octanol–water partition coefficient (Wildman–Crippen LogP) is 2.08. The summed E-state index contributed by atoms with van der Waals surface area (Å²) in [4.78, 5) is 52.8. The molecular formula is C22H22N4O4. The lowest BCUT2D eigenvalue weighted by molar-refractivity contribution is -0.128. The third-order valence-electron chi connectivity index (χ3n) is 5.28. The molecule has 0 saturated carbocycles. The Labute approximate surface area is 172 Å². The third kappa shape index (κ3) is 3.76. The number of carbonyl (C=O) groups excluding carboxylic acids is 2. The maximum absolute atomic E-state index is 12.7. The topological polar surface area (TPSA) is 104 Å². The molecular weight excluding hydrogens is 384 g/mol. The van der Waals surface area contributed by atoms with Crippen LogP contribution in [0.5, 0.6) is 0 Å². The van der Waals surface area contributed by atoms with Gasteiger partial charge in [0.25, 0.3) is 5.91 Å². The van der Waals surface area contributed by atoms with E-state index in [0.29, 0.717) is 41.8 Å². The van der Waals surface area contributed by atoms with E-state index >= 15 is 0 Å². The van der Waals surface area contributed by atoms with Crippen molar-refractivity contribution in [1.29, 1.82) is 0 Å². The molecule has 2 amide bonds. The number of nitrogens with zero attached hydrogens (tertiary/aromatic N) is 2. The summed E-state index contributed by atoms with van der Waals surface area (Å²) >= 11 is 0. The van der Waals surface area contributed by atoms with Crippen LogP contribution in [0.25, 0.3) is 11.0 Å². The minimum absolute atomic E-state index is 0.153. The van der Waals surface area contributed by atoms with Crippen LogP contribution in [0.4, 0.5) is 5.69 Å². The molecule has 154 valence electrons. The SMILES string of the molecule is CCn1c(=O)c(=O)[nH]c2cc(C(=O)Nc3cccc(CN4CCCC4=O)c3)ccc21. The standard InChI is InChI=1S/C22H22N4O4/c1-2-26-18-9-8-15(12-17(18)24-21(29)22(26)30)20(28)23-16-6-3-5-14(11-16)13-25-10-4-7-19(25)27/h3,5-6,8-9,11-12H,2,4,7,10,13H2,1H3,(H,23,28)(H,24,29). The number of likely N-dealkylation sites (tertiary alicyclic amines) is 1. The van der Waals surface area contributed by atoms with Gasteiger partial charge in [0.05, 0.1) is 11.0 Å². The lowest BCUT2D eigenvalue weighted by atomic mass is 10.1. The molecule has 8 nitrogen and oxygen atoms in total. The van der Waals surface area contributed by atoms with E-state index in [1.165, 1.54) is 4.57 Å². The third-order valence-corrected chi connectivity index (χ3v) is 5.28. The number of aromatic nitrogens is 2. The average molecular weight is 406 g/mol. The summed E-state index contributed by atoms with van der Waals surface area (Å²) in [5, 5.41) is 2.85. The molecule has 0 atom stereocenters. The van der Waals surface area contributed by atoms with E-state index in [0.717, 1.165) is 18.5 Å². The van der Waals surface area contributed by atoms with Gasteiger partial charge in [-0.25, -0.2) is 0 Å². The number of amides is 2. The first-order chi connectivity index (χ1) is 14.5. The molecule has 0 aliphatic carbocycles. The summed E-state index contributed by atoms with van der Waals surface area (Å²) in [7, 11) is 0. The van der Waals surface area contributed by atoms with Crippen molar-refractivity contribution in [1.82, 2.24) is 14.5 Å². The fraction of sp³-hybridized carbons (Fsp3) is 0.273. The molecule has 0 radical (unpaired) electrons. The van der Waals surface area contributed by atoms with E-state index in [4.69, 9.17) is 0 Å². The Morgan fingerprint density at radius 1 is 1.13 bits per heavy atom. The molecule has 0 unspecified atom stereocenters. The molecule has 3 aromatic rings. The molecule has 2 heterocycles. The molecule has 1 aliphatic rings. The van der Waals surface area contributed by atoms with Gasteiger partial charge in [-0.05, 0) is 49.2 Å². The Hall–Kier alpha value is -3.68. The number of rotatable bonds is 5. The van der Waals surface area contributed by atoms with Gasteiger partial charge in [-0.1, -0.05) is 12.1 Å². The van der Waals surface area contributed by atoms with Crippen LogP contribution in [-0.4, -0.2) is 32.8 Å². The van der Waals surface area contributed by atoms with Crippen molar-refractivity contribution in [2.45, 2.75) is 32.9 Å². The molecule has 2 N–H and O–H groups in total. The van der Waals surface area contributed by atoms with Gasteiger partial charge in [-0.15, -0.1) is 0 Å². The van der Waals surface area contributed by atoms with Crippen molar-refractivity contribution in [3.63, 3.8) is 0 Å². The lowest BCUT2D eigenvalue weighted by Crippen LogP contribution is -2.36. The highest BCUT2D eigenvalue weighted by atomic mass is 16.2. The first-order valence-corrected chi connectivity index (χ1v) is 9.91. The van der Waals surface area contributed by atoms with Crippen LogP contribution in [0.2, 0.25) is 0 Å². The minimum atomic E-state index is -0.717. The Balaban J connectivity index is 1.56. The predicted molar refractivity (Wildman–Crippen MR) is 114 cm³/mol. The van der Waals surface area contributed by atoms with E-state index in [9.17, 15) is 19.2 Å². The zero-order valence-corrected chi connectivity index (χ0v) is 16.6. The van der Waals surface area contributed by atoms with Gasteiger partial charge in [-0.2, -0.15) is 0 Å². The summed E-state index contributed by atoms with van der Waals surface area (Å²) < 4.78 is 1.37. The molecule has 1 saturated heterocycles. The monoisotopic (exact) mass is 406 g/mol. The Morgan fingerprint density at radius 3 is 2.70 bits per heavy atom. The second-order valence-electron chi connectivity index (χ2n) is 7.31. The maximum atomic E-state index is 12.7. The molecule has 30 heavy (non-hydrogen) atoms. The summed E-state index contributed by atoms with van der Waals surface area (Å²) in [5.41, 5.74) is 1.58. The van der Waals surface area contributed by atoms with Gasteiger partial charge >= 0.3 is 11.1 Å². The van der Waals surface area contributed by atoms with Crippen LogP contribution in [-0.2, 0) is 17.9 Å². The molecule has 0 spiro atoms. The van der Waals surface area contributed by atoms with E-state index in [1.54, 1.807) is 31.2 Å². The average Bonchev–Trinajstić information content (AvgIpc) is 3.13. The molecule has 1 fully saturated rings. The lowest BCUT2D eigenvalue weighted by Gasteiger charge is -2.16. The largest absolute Gasteiger partial charge is 0.338 e. The first kappa shape index (κ1) is 19.6. The van der Waals surface area contributed by atoms with Gasteiger partial charge in [0.15, 0.2) is 0 Å². The molecule has 1 aliphatic heterocycles. The van der Waals surface area contributed by atoms with Crippen molar-refractivity contribution in [2.75, 3.05) is 11.9 Å². The molecule has 0 bridgehead atoms. The zero-order chi connectivity index (χ0) is 21.3. The molecule has 2 aromatic carbocycles. The zero-order valence-electron chi connectivity index (χ0n) is 16.6. The van der Waals surface area contributed by atoms with Gasteiger partial charge in [-0.3, -0.25) is 19.2 Å². The van der Waals surface area contributed by atoms with Crippen molar-refractivity contribution in [2.24, 2.45) is 0 Å². The number of hydrogen-bond acceptors (Lipinski definition) is 4. The maximum Gasteiger partial charge on any atom is 0.316 e. The van der Waals surface area contributed by atoms with E-state index in [1.807, 2.05) is 23.1 Å². The number of aromatic amines is 1. The summed E-state index contributed by atoms with van der Waals surface area (Å²) in [6, 6.07) is 12.2.